The lowest BCUT2D eigenvalue weighted by Crippen LogP contribution is -1.83. The lowest BCUT2D eigenvalue weighted by Gasteiger charge is -1.97. The molecular weight excluding hydrogens is 138 g/mol. The first-order chi connectivity index (χ1) is 4.72. The molecule has 0 spiro atoms. The highest BCUT2D eigenvalue weighted by Crippen LogP contribution is 2.14. The Balaban J connectivity index is 3.06. The molecule has 0 aromatic heterocycles. The average molecular weight is 143 g/mol. The largest absolute Gasteiger partial charge is 0.490 e. The number of hydrogen-bond acceptors (Lipinski definition) is 1. The number of rotatable bonds is 1. The van der Waals surface area contributed by atoms with Crippen molar-refractivity contribution in [3.63, 3.8) is 0 Å². The van der Waals surface area contributed by atoms with Crippen LogP contribution in [-0.4, -0.2) is 0 Å². The Morgan fingerprint density at radius 1 is 1.10 bits per heavy atom. The summed E-state index contributed by atoms with van der Waals surface area (Å²) >= 11 is 0. The predicted octanol–water partition coefficient (Wildman–Crippen LogP) is 2.14. The molecule has 0 aliphatic carbocycles. The maximum absolute atomic E-state index is 12.3. The van der Waals surface area contributed by atoms with E-state index in [0.717, 1.165) is 18.2 Å². The molecule has 0 unspecified atom stereocenters. The summed E-state index contributed by atoms with van der Waals surface area (Å²) in [6.45, 7) is 0. The lowest BCUT2D eigenvalue weighted by molar-refractivity contribution is 0.459. The highest BCUT2D eigenvalue weighted by atomic mass is 19.1. The Labute approximate surface area is 57.2 Å². The van der Waals surface area contributed by atoms with Gasteiger partial charge in [0.25, 0.3) is 0 Å². The van der Waals surface area contributed by atoms with E-state index in [1.54, 1.807) is 0 Å². The van der Waals surface area contributed by atoms with Crippen LogP contribution in [0.3, 0.4) is 0 Å². The molecule has 1 radical (unpaired) electrons. The van der Waals surface area contributed by atoms with Gasteiger partial charge in [0, 0.05) is 18.2 Å². The molecule has 1 nitrogen and oxygen atoms in total. The van der Waals surface area contributed by atoms with E-state index >= 15 is 0 Å². The molecule has 0 bridgehead atoms. The van der Waals surface area contributed by atoms with Gasteiger partial charge in [0.15, 0.2) is 0 Å². The van der Waals surface area contributed by atoms with Crippen molar-refractivity contribution in [2.24, 2.45) is 0 Å². The van der Waals surface area contributed by atoms with Crippen LogP contribution in [0, 0.1) is 18.7 Å². The summed E-state index contributed by atoms with van der Waals surface area (Å²) in [7, 11) is 3.00. The van der Waals surface area contributed by atoms with Crippen LogP contribution in [0.2, 0.25) is 0 Å². The highest BCUT2D eigenvalue weighted by Gasteiger charge is 1.98. The quantitative estimate of drug-likeness (QED) is 0.585. The summed E-state index contributed by atoms with van der Waals surface area (Å²) < 4.78 is 28.9. The van der Waals surface area contributed by atoms with E-state index in [2.05, 4.69) is 11.8 Å². The highest BCUT2D eigenvalue weighted by molar-refractivity contribution is 5.23. The number of ether oxygens (including phenoxy) is 1. The second kappa shape index (κ2) is 2.64. The van der Waals surface area contributed by atoms with Gasteiger partial charge in [-0.05, 0) is 0 Å². The van der Waals surface area contributed by atoms with Crippen LogP contribution >= 0.6 is 0 Å². The van der Waals surface area contributed by atoms with Gasteiger partial charge in [-0.2, -0.15) is 0 Å². The van der Waals surface area contributed by atoms with Crippen LogP contribution in [0.1, 0.15) is 0 Å². The maximum Gasteiger partial charge on any atom is 0.129 e. The smallest absolute Gasteiger partial charge is 0.129 e. The number of hydrogen-bond donors (Lipinski definition) is 0. The van der Waals surface area contributed by atoms with Crippen molar-refractivity contribution in [1.82, 2.24) is 0 Å². The Morgan fingerprint density at radius 2 is 1.60 bits per heavy atom. The van der Waals surface area contributed by atoms with E-state index in [-0.39, 0.29) is 5.75 Å². The van der Waals surface area contributed by atoms with Crippen LogP contribution in [0.25, 0.3) is 0 Å². The zero-order chi connectivity index (χ0) is 7.56. The summed E-state index contributed by atoms with van der Waals surface area (Å²) in [5, 5.41) is 0. The molecule has 0 aliphatic rings. The van der Waals surface area contributed by atoms with Gasteiger partial charge in [0.05, 0.1) is 0 Å². The van der Waals surface area contributed by atoms with Crippen LogP contribution in [0.4, 0.5) is 8.78 Å². The van der Waals surface area contributed by atoms with E-state index in [1.807, 2.05) is 0 Å². The fourth-order valence-corrected chi connectivity index (χ4v) is 0.612. The van der Waals surface area contributed by atoms with E-state index in [1.165, 1.54) is 0 Å². The van der Waals surface area contributed by atoms with Crippen LogP contribution < -0.4 is 4.74 Å². The first-order valence-electron chi connectivity index (χ1n) is 2.60. The summed E-state index contributed by atoms with van der Waals surface area (Å²) in [6.07, 6.45) is 0. The van der Waals surface area contributed by atoms with Gasteiger partial charge >= 0.3 is 0 Å². The molecule has 3 heteroatoms. The molecule has 1 rings (SSSR count). The Bertz CT molecular complexity index is 215. The normalized spacial score (nSPS) is 9.50. The third kappa shape index (κ3) is 1.43. The number of benzene rings is 1. The maximum atomic E-state index is 12.3. The minimum Gasteiger partial charge on any atom is -0.490 e. The van der Waals surface area contributed by atoms with Crippen molar-refractivity contribution in [2.45, 2.75) is 0 Å². The first kappa shape index (κ1) is 6.99. The van der Waals surface area contributed by atoms with Gasteiger partial charge < -0.3 is 4.74 Å². The molecule has 53 valence electrons. The van der Waals surface area contributed by atoms with Gasteiger partial charge in [0.2, 0.25) is 0 Å². The minimum atomic E-state index is -0.668. The van der Waals surface area contributed by atoms with Crippen molar-refractivity contribution in [3.8, 4) is 5.75 Å². The molecular formula is C7H5F2O. The second-order valence-electron chi connectivity index (χ2n) is 1.75. The third-order valence-corrected chi connectivity index (χ3v) is 1.00. The van der Waals surface area contributed by atoms with Crippen molar-refractivity contribution < 1.29 is 13.5 Å². The molecule has 0 fully saturated rings. The van der Waals surface area contributed by atoms with E-state index in [9.17, 15) is 8.78 Å². The van der Waals surface area contributed by atoms with Gasteiger partial charge in [-0.3, -0.25) is 0 Å². The SMILES string of the molecule is [CH2]Oc1cc(F)cc(F)c1. The Hall–Kier alpha value is -1.12. The van der Waals surface area contributed by atoms with Crippen molar-refractivity contribution in [3.05, 3.63) is 36.9 Å². The average Bonchev–Trinajstić information content (AvgIpc) is 1.85. The van der Waals surface area contributed by atoms with E-state index < -0.39 is 11.6 Å². The fourth-order valence-electron chi connectivity index (χ4n) is 0.612. The molecule has 0 heterocycles. The topological polar surface area (TPSA) is 9.23 Å². The molecule has 0 aliphatic heterocycles. The monoisotopic (exact) mass is 143 g/mol. The molecule has 0 atom stereocenters. The first-order valence-corrected chi connectivity index (χ1v) is 2.60. The second-order valence-corrected chi connectivity index (χ2v) is 1.75. The zero-order valence-corrected chi connectivity index (χ0v) is 5.10. The van der Waals surface area contributed by atoms with E-state index in [0.29, 0.717) is 0 Å². The molecule has 0 amide bonds. The summed E-state index contributed by atoms with van der Waals surface area (Å²) in [5.41, 5.74) is 0. The third-order valence-electron chi connectivity index (χ3n) is 1.00. The van der Waals surface area contributed by atoms with Gasteiger partial charge in [-0.15, -0.1) is 0 Å². The minimum absolute atomic E-state index is 0.0810. The summed E-state index contributed by atoms with van der Waals surface area (Å²) in [4.78, 5) is 0. The van der Waals surface area contributed by atoms with Crippen molar-refractivity contribution in [2.75, 3.05) is 0 Å². The Morgan fingerprint density at radius 3 is 2.00 bits per heavy atom. The summed E-state index contributed by atoms with van der Waals surface area (Å²) in [6, 6.07) is 2.87. The molecule has 0 N–H and O–H groups in total. The molecule has 0 saturated carbocycles. The Kier molecular flexibility index (Phi) is 1.85. The molecule has 1 aromatic carbocycles. The molecule has 1 aromatic rings. The summed E-state index contributed by atoms with van der Waals surface area (Å²) in [5.74, 6) is -1.25. The van der Waals surface area contributed by atoms with Gasteiger partial charge in [-0.25, -0.2) is 8.78 Å². The fraction of sp³-hybridized carbons (Fsp3) is 0. The molecule has 10 heavy (non-hydrogen) atoms. The number of halogens is 2. The lowest BCUT2D eigenvalue weighted by atomic mass is 10.3. The standard InChI is InChI=1S/C7H5F2O/c1-10-7-3-5(8)2-6(9)4-7/h2-4H,1H2. The van der Waals surface area contributed by atoms with Crippen LogP contribution in [0.15, 0.2) is 18.2 Å². The van der Waals surface area contributed by atoms with Gasteiger partial charge in [-0.1, -0.05) is 0 Å². The zero-order valence-electron chi connectivity index (χ0n) is 5.10. The molecule has 0 saturated heterocycles. The predicted molar refractivity (Wildman–Crippen MR) is 32.3 cm³/mol. The van der Waals surface area contributed by atoms with Crippen molar-refractivity contribution in [1.29, 1.82) is 0 Å². The van der Waals surface area contributed by atoms with Crippen LogP contribution in [0.5, 0.6) is 5.75 Å². The van der Waals surface area contributed by atoms with Gasteiger partial charge in [0.1, 0.15) is 24.5 Å². The van der Waals surface area contributed by atoms with E-state index in [4.69, 9.17) is 0 Å². The van der Waals surface area contributed by atoms with Crippen molar-refractivity contribution >= 4 is 0 Å². The van der Waals surface area contributed by atoms with Crippen LogP contribution in [-0.2, 0) is 0 Å².